The normalized spacial score (nSPS) is 10.5. The van der Waals surface area contributed by atoms with Crippen LogP contribution in [0.25, 0.3) is 0 Å². The van der Waals surface area contributed by atoms with E-state index >= 15 is 0 Å². The molecular weight excluding hydrogens is 334 g/mol. The van der Waals surface area contributed by atoms with E-state index in [1.807, 2.05) is 36.4 Å². The Kier molecular flexibility index (Phi) is 5.05. The van der Waals surface area contributed by atoms with Crippen molar-refractivity contribution in [2.75, 3.05) is 16.4 Å². The molecule has 0 atom stereocenters. The van der Waals surface area contributed by atoms with E-state index < -0.39 is 0 Å². The smallest absolute Gasteiger partial charge is 0.159 e. The van der Waals surface area contributed by atoms with Crippen LogP contribution in [0.2, 0.25) is 5.02 Å². The van der Waals surface area contributed by atoms with Crippen molar-refractivity contribution in [3.63, 3.8) is 0 Å². The van der Waals surface area contributed by atoms with Gasteiger partial charge in [0.25, 0.3) is 0 Å². The lowest BCUT2D eigenvalue weighted by Crippen LogP contribution is -2.08. The van der Waals surface area contributed by atoms with Gasteiger partial charge in [0.05, 0.1) is 0 Å². The number of hydrogen-bond donors (Lipinski definition) is 3. The van der Waals surface area contributed by atoms with Crippen LogP contribution in [0.1, 0.15) is 16.7 Å². The number of benzene rings is 2. The molecule has 3 aromatic rings. The Labute approximate surface area is 152 Å². The zero-order valence-corrected chi connectivity index (χ0v) is 14.9. The Morgan fingerprint density at radius 3 is 2.48 bits per heavy atom. The van der Waals surface area contributed by atoms with Crippen molar-refractivity contribution in [1.29, 1.82) is 0 Å². The molecular formula is C19H20ClN5. The number of rotatable bonds is 5. The monoisotopic (exact) mass is 353 g/mol. The molecule has 3 rings (SSSR count). The molecule has 0 saturated heterocycles. The summed E-state index contributed by atoms with van der Waals surface area (Å²) in [6.07, 6.45) is 1.49. The molecule has 0 saturated carbocycles. The summed E-state index contributed by atoms with van der Waals surface area (Å²) < 4.78 is 0. The number of aromatic nitrogens is 2. The fraction of sp³-hybridized carbons (Fsp3) is 0.158. The summed E-state index contributed by atoms with van der Waals surface area (Å²) >= 11 is 5.91. The van der Waals surface area contributed by atoms with Gasteiger partial charge in [0.1, 0.15) is 12.0 Å². The second-order valence-corrected chi connectivity index (χ2v) is 6.27. The minimum atomic E-state index is 0.484. The minimum Gasteiger partial charge on any atom is -0.393 e. The minimum absolute atomic E-state index is 0.484. The van der Waals surface area contributed by atoms with Crippen LogP contribution in [0.5, 0.6) is 0 Å². The number of nitrogens with zero attached hydrogens (tertiary/aromatic N) is 2. The molecule has 0 aliphatic heterocycles. The zero-order valence-electron chi connectivity index (χ0n) is 14.2. The Hall–Kier alpha value is -2.79. The maximum atomic E-state index is 6.24. The summed E-state index contributed by atoms with van der Waals surface area (Å²) in [4.78, 5) is 8.51. The molecule has 4 N–H and O–H groups in total. The van der Waals surface area contributed by atoms with Gasteiger partial charge in [-0.2, -0.15) is 0 Å². The Bertz CT molecular complexity index is 877. The summed E-state index contributed by atoms with van der Waals surface area (Å²) in [7, 11) is 0. The molecule has 6 heteroatoms. The van der Waals surface area contributed by atoms with Crippen molar-refractivity contribution in [2.45, 2.75) is 20.4 Å². The predicted molar refractivity (Wildman–Crippen MR) is 104 cm³/mol. The summed E-state index contributed by atoms with van der Waals surface area (Å²) in [5, 5.41) is 7.25. The highest BCUT2D eigenvalue weighted by molar-refractivity contribution is 6.30. The molecule has 0 aliphatic rings. The molecule has 0 aliphatic carbocycles. The molecule has 128 valence electrons. The highest BCUT2D eigenvalue weighted by Crippen LogP contribution is 2.28. The van der Waals surface area contributed by atoms with E-state index in [0.29, 0.717) is 28.9 Å². The number of hydrogen-bond acceptors (Lipinski definition) is 5. The predicted octanol–water partition coefficient (Wildman–Crippen LogP) is 4.68. The van der Waals surface area contributed by atoms with Gasteiger partial charge in [-0.25, -0.2) is 9.97 Å². The van der Waals surface area contributed by atoms with Crippen LogP contribution < -0.4 is 16.4 Å². The van der Waals surface area contributed by atoms with Crippen molar-refractivity contribution >= 4 is 34.6 Å². The fourth-order valence-corrected chi connectivity index (χ4v) is 2.56. The number of nitrogens with one attached hydrogen (secondary N) is 2. The molecule has 2 aromatic carbocycles. The third-order valence-electron chi connectivity index (χ3n) is 4.11. The van der Waals surface area contributed by atoms with Gasteiger partial charge in [-0.05, 0) is 48.7 Å². The van der Waals surface area contributed by atoms with E-state index in [0.717, 1.165) is 16.8 Å². The first-order valence-electron chi connectivity index (χ1n) is 7.96. The van der Waals surface area contributed by atoms with Crippen LogP contribution in [-0.2, 0) is 6.54 Å². The van der Waals surface area contributed by atoms with Crippen LogP contribution in [0.3, 0.4) is 0 Å². The summed E-state index contributed by atoms with van der Waals surface area (Å²) in [6, 6.07) is 13.7. The van der Waals surface area contributed by atoms with Crippen molar-refractivity contribution in [3.05, 3.63) is 70.5 Å². The van der Waals surface area contributed by atoms with E-state index in [2.05, 4.69) is 40.5 Å². The lowest BCUT2D eigenvalue weighted by molar-refractivity contribution is 1.08. The quantitative estimate of drug-likeness (QED) is 0.620. The molecule has 0 fully saturated rings. The molecule has 0 unspecified atom stereocenters. The third kappa shape index (κ3) is 4.00. The van der Waals surface area contributed by atoms with Crippen molar-refractivity contribution in [3.8, 4) is 0 Å². The molecule has 25 heavy (non-hydrogen) atoms. The Morgan fingerprint density at radius 2 is 1.72 bits per heavy atom. The van der Waals surface area contributed by atoms with Gasteiger partial charge in [-0.3, -0.25) is 0 Å². The number of aryl methyl sites for hydroxylation is 1. The second kappa shape index (κ2) is 7.40. The van der Waals surface area contributed by atoms with Gasteiger partial charge in [-0.15, -0.1) is 0 Å². The van der Waals surface area contributed by atoms with Gasteiger partial charge in [0, 0.05) is 17.3 Å². The largest absolute Gasteiger partial charge is 0.393 e. The maximum Gasteiger partial charge on any atom is 0.159 e. The van der Waals surface area contributed by atoms with E-state index in [1.165, 1.54) is 11.9 Å². The molecule has 0 amide bonds. The third-order valence-corrected chi connectivity index (χ3v) is 4.37. The van der Waals surface area contributed by atoms with Crippen molar-refractivity contribution in [1.82, 2.24) is 9.97 Å². The van der Waals surface area contributed by atoms with Gasteiger partial charge < -0.3 is 16.4 Å². The van der Waals surface area contributed by atoms with Gasteiger partial charge in [-0.1, -0.05) is 35.9 Å². The highest BCUT2D eigenvalue weighted by Gasteiger charge is 2.10. The lowest BCUT2D eigenvalue weighted by Gasteiger charge is -2.14. The number of nitrogen functional groups attached to an aromatic ring is 1. The number of anilines is 4. The van der Waals surface area contributed by atoms with E-state index in [9.17, 15) is 0 Å². The van der Waals surface area contributed by atoms with Gasteiger partial charge in [0.15, 0.2) is 11.6 Å². The Morgan fingerprint density at radius 1 is 1.00 bits per heavy atom. The average Bonchev–Trinajstić information content (AvgIpc) is 2.61. The van der Waals surface area contributed by atoms with Crippen LogP contribution in [0.4, 0.5) is 23.0 Å². The fourth-order valence-electron chi connectivity index (χ4n) is 2.44. The lowest BCUT2D eigenvalue weighted by atomic mass is 10.1. The molecule has 1 heterocycles. The summed E-state index contributed by atoms with van der Waals surface area (Å²) in [6.45, 7) is 4.74. The summed E-state index contributed by atoms with van der Waals surface area (Å²) in [5.74, 6) is 1.18. The SMILES string of the molecule is Cc1cccc(Nc2ncnc(NCc3ccc(Cl)cc3)c2N)c1C. The second-order valence-electron chi connectivity index (χ2n) is 5.84. The van der Waals surface area contributed by atoms with Gasteiger partial charge >= 0.3 is 0 Å². The van der Waals surface area contributed by atoms with Crippen LogP contribution in [0.15, 0.2) is 48.8 Å². The number of nitrogens with two attached hydrogens (primary N) is 1. The summed E-state index contributed by atoms with van der Waals surface area (Å²) in [5.41, 5.74) is 11.2. The first kappa shape index (κ1) is 17.0. The average molecular weight is 354 g/mol. The first-order chi connectivity index (χ1) is 12.0. The van der Waals surface area contributed by atoms with Crippen molar-refractivity contribution < 1.29 is 0 Å². The molecule has 5 nitrogen and oxygen atoms in total. The molecule has 0 bridgehead atoms. The standard InChI is InChI=1S/C19H20ClN5/c1-12-4-3-5-16(13(12)2)25-19-17(21)18(23-11-24-19)22-10-14-6-8-15(20)9-7-14/h3-9,11H,10,21H2,1-2H3,(H2,22,23,24,25). The van der Waals surface area contributed by atoms with E-state index in [1.54, 1.807) is 0 Å². The van der Waals surface area contributed by atoms with E-state index in [-0.39, 0.29) is 0 Å². The Balaban J connectivity index is 1.77. The molecule has 0 spiro atoms. The molecule has 0 radical (unpaired) electrons. The topological polar surface area (TPSA) is 75.9 Å². The highest BCUT2D eigenvalue weighted by atomic mass is 35.5. The van der Waals surface area contributed by atoms with Crippen LogP contribution in [-0.4, -0.2) is 9.97 Å². The van der Waals surface area contributed by atoms with Crippen molar-refractivity contribution in [2.24, 2.45) is 0 Å². The van der Waals surface area contributed by atoms with Crippen LogP contribution in [0, 0.1) is 13.8 Å². The number of halogens is 1. The molecule has 1 aromatic heterocycles. The van der Waals surface area contributed by atoms with E-state index in [4.69, 9.17) is 17.3 Å². The zero-order chi connectivity index (χ0) is 17.8. The van der Waals surface area contributed by atoms with Gasteiger partial charge in [0.2, 0.25) is 0 Å². The maximum absolute atomic E-state index is 6.24. The van der Waals surface area contributed by atoms with Crippen LogP contribution >= 0.6 is 11.6 Å². The first-order valence-corrected chi connectivity index (χ1v) is 8.34.